The SMILES string of the molecule is CC(=O)Nc1cc([N+](=O)[O-])c([N+](=O)[O-])cc1C. The van der Waals surface area contributed by atoms with Crippen molar-refractivity contribution in [2.24, 2.45) is 0 Å². The molecule has 1 rings (SSSR count). The number of amides is 1. The van der Waals surface area contributed by atoms with Crippen molar-refractivity contribution < 1.29 is 14.6 Å². The molecule has 0 radical (unpaired) electrons. The first kappa shape index (κ1) is 12.6. The van der Waals surface area contributed by atoms with Crippen molar-refractivity contribution in [1.82, 2.24) is 0 Å². The lowest BCUT2D eigenvalue weighted by Crippen LogP contribution is -2.08. The number of nitro benzene ring substituents is 2. The van der Waals surface area contributed by atoms with E-state index < -0.39 is 27.1 Å². The molecule has 0 aliphatic carbocycles. The van der Waals surface area contributed by atoms with Crippen molar-refractivity contribution in [3.8, 4) is 0 Å². The van der Waals surface area contributed by atoms with E-state index in [1.165, 1.54) is 13.8 Å². The van der Waals surface area contributed by atoms with Crippen LogP contribution in [0.2, 0.25) is 0 Å². The topological polar surface area (TPSA) is 115 Å². The van der Waals surface area contributed by atoms with Gasteiger partial charge in [-0.05, 0) is 12.5 Å². The van der Waals surface area contributed by atoms with Gasteiger partial charge in [0.1, 0.15) is 0 Å². The van der Waals surface area contributed by atoms with Crippen LogP contribution in [-0.4, -0.2) is 15.8 Å². The summed E-state index contributed by atoms with van der Waals surface area (Å²) >= 11 is 0. The molecule has 0 fully saturated rings. The van der Waals surface area contributed by atoms with Crippen LogP contribution in [0.4, 0.5) is 17.1 Å². The second kappa shape index (κ2) is 4.56. The third kappa shape index (κ3) is 2.74. The van der Waals surface area contributed by atoms with Crippen molar-refractivity contribution in [1.29, 1.82) is 0 Å². The van der Waals surface area contributed by atoms with E-state index in [0.717, 1.165) is 12.1 Å². The highest BCUT2D eigenvalue weighted by atomic mass is 16.6. The van der Waals surface area contributed by atoms with E-state index in [0.29, 0.717) is 5.56 Å². The van der Waals surface area contributed by atoms with Gasteiger partial charge in [0.05, 0.1) is 15.5 Å². The summed E-state index contributed by atoms with van der Waals surface area (Å²) in [5, 5.41) is 23.7. The average molecular weight is 239 g/mol. The number of anilines is 1. The highest BCUT2D eigenvalue weighted by Crippen LogP contribution is 2.32. The van der Waals surface area contributed by atoms with Crippen LogP contribution < -0.4 is 5.32 Å². The molecule has 0 aliphatic heterocycles. The Balaban J connectivity index is 3.39. The first-order valence-electron chi connectivity index (χ1n) is 4.54. The van der Waals surface area contributed by atoms with Crippen molar-refractivity contribution in [3.63, 3.8) is 0 Å². The number of nitrogens with one attached hydrogen (secondary N) is 1. The summed E-state index contributed by atoms with van der Waals surface area (Å²) in [5.74, 6) is -0.406. The van der Waals surface area contributed by atoms with Crippen LogP contribution in [0.1, 0.15) is 12.5 Å². The molecule has 0 saturated carbocycles. The van der Waals surface area contributed by atoms with Crippen LogP contribution in [0.5, 0.6) is 0 Å². The van der Waals surface area contributed by atoms with Gasteiger partial charge in [-0.25, -0.2) is 0 Å². The van der Waals surface area contributed by atoms with Crippen LogP contribution in [-0.2, 0) is 4.79 Å². The number of hydrogen-bond acceptors (Lipinski definition) is 5. The molecule has 1 N–H and O–H groups in total. The third-order valence-corrected chi connectivity index (χ3v) is 2.03. The van der Waals surface area contributed by atoms with Gasteiger partial charge in [-0.2, -0.15) is 0 Å². The Morgan fingerprint density at radius 3 is 2.06 bits per heavy atom. The maximum atomic E-state index is 10.9. The first-order chi connectivity index (χ1) is 7.82. The highest BCUT2D eigenvalue weighted by Gasteiger charge is 2.25. The summed E-state index contributed by atoms with van der Waals surface area (Å²) in [6.45, 7) is 2.76. The van der Waals surface area contributed by atoms with Crippen molar-refractivity contribution >= 4 is 23.0 Å². The smallest absolute Gasteiger partial charge is 0.326 e. The summed E-state index contributed by atoms with van der Waals surface area (Å²) in [5.41, 5.74) is -0.668. The van der Waals surface area contributed by atoms with Crippen LogP contribution >= 0.6 is 0 Å². The van der Waals surface area contributed by atoms with E-state index in [4.69, 9.17) is 0 Å². The Hall–Kier alpha value is -2.51. The molecule has 0 bridgehead atoms. The number of nitro groups is 2. The van der Waals surface area contributed by atoms with Gasteiger partial charge >= 0.3 is 11.4 Å². The Morgan fingerprint density at radius 1 is 1.18 bits per heavy atom. The number of benzene rings is 1. The second-order valence-electron chi connectivity index (χ2n) is 3.35. The minimum Gasteiger partial charge on any atom is -0.326 e. The van der Waals surface area contributed by atoms with Crippen molar-refractivity contribution in [3.05, 3.63) is 37.9 Å². The van der Waals surface area contributed by atoms with Gasteiger partial charge in [-0.1, -0.05) is 0 Å². The number of aryl methyl sites for hydroxylation is 1. The largest absolute Gasteiger partial charge is 0.348 e. The molecule has 0 unspecified atom stereocenters. The van der Waals surface area contributed by atoms with E-state index in [9.17, 15) is 25.0 Å². The van der Waals surface area contributed by atoms with Crippen LogP contribution in [0.15, 0.2) is 12.1 Å². The molecule has 1 amide bonds. The van der Waals surface area contributed by atoms with E-state index in [2.05, 4.69) is 5.32 Å². The maximum Gasteiger partial charge on any atom is 0.348 e. The zero-order chi connectivity index (χ0) is 13.2. The number of carbonyl (C=O) groups excluding carboxylic acids is 1. The Bertz CT molecular complexity index is 512. The minimum atomic E-state index is -0.858. The lowest BCUT2D eigenvalue weighted by atomic mass is 10.1. The van der Waals surface area contributed by atoms with Crippen LogP contribution in [0.3, 0.4) is 0 Å². The molecular weight excluding hydrogens is 230 g/mol. The molecule has 0 aliphatic rings. The van der Waals surface area contributed by atoms with Crippen LogP contribution in [0.25, 0.3) is 0 Å². The fourth-order valence-electron chi connectivity index (χ4n) is 1.30. The second-order valence-corrected chi connectivity index (χ2v) is 3.35. The van der Waals surface area contributed by atoms with Gasteiger partial charge in [0.15, 0.2) is 0 Å². The molecule has 8 heteroatoms. The third-order valence-electron chi connectivity index (χ3n) is 2.03. The van der Waals surface area contributed by atoms with Gasteiger partial charge in [0, 0.05) is 19.1 Å². The average Bonchev–Trinajstić information content (AvgIpc) is 2.19. The summed E-state index contributed by atoms with van der Waals surface area (Å²) in [6, 6.07) is 2.04. The summed E-state index contributed by atoms with van der Waals surface area (Å²) in [4.78, 5) is 30.5. The molecule has 8 nitrogen and oxygen atoms in total. The lowest BCUT2D eigenvalue weighted by molar-refractivity contribution is -0.422. The van der Waals surface area contributed by atoms with Crippen molar-refractivity contribution in [2.75, 3.05) is 5.32 Å². The molecule has 1 aromatic rings. The molecular formula is C9H9N3O5. The van der Waals surface area contributed by atoms with E-state index in [1.54, 1.807) is 0 Å². The molecule has 0 aromatic heterocycles. The molecule has 90 valence electrons. The predicted molar refractivity (Wildman–Crippen MR) is 58.8 cm³/mol. The number of hydrogen-bond donors (Lipinski definition) is 1. The quantitative estimate of drug-likeness (QED) is 0.637. The highest BCUT2D eigenvalue weighted by molar-refractivity contribution is 5.90. The molecule has 17 heavy (non-hydrogen) atoms. The monoisotopic (exact) mass is 239 g/mol. The van der Waals surface area contributed by atoms with Gasteiger partial charge in [-0.15, -0.1) is 0 Å². The number of carbonyl (C=O) groups is 1. The molecule has 0 heterocycles. The molecule has 0 saturated heterocycles. The summed E-state index contributed by atoms with van der Waals surface area (Å²) in [6.07, 6.45) is 0. The zero-order valence-corrected chi connectivity index (χ0v) is 9.09. The van der Waals surface area contributed by atoms with Gasteiger partial charge in [0.25, 0.3) is 0 Å². The fourth-order valence-corrected chi connectivity index (χ4v) is 1.30. The first-order valence-corrected chi connectivity index (χ1v) is 4.54. The lowest BCUT2D eigenvalue weighted by Gasteiger charge is -2.06. The maximum absolute atomic E-state index is 10.9. The van der Waals surface area contributed by atoms with Gasteiger partial charge < -0.3 is 5.32 Å². The van der Waals surface area contributed by atoms with Gasteiger partial charge in [0.2, 0.25) is 5.91 Å². The Morgan fingerprint density at radius 2 is 1.65 bits per heavy atom. The zero-order valence-electron chi connectivity index (χ0n) is 9.09. The van der Waals surface area contributed by atoms with Gasteiger partial charge in [-0.3, -0.25) is 25.0 Å². The van der Waals surface area contributed by atoms with E-state index in [-0.39, 0.29) is 5.69 Å². The number of rotatable bonds is 3. The van der Waals surface area contributed by atoms with E-state index in [1.807, 2.05) is 0 Å². The number of nitrogens with zero attached hydrogens (tertiary/aromatic N) is 2. The Labute approximate surface area is 95.5 Å². The summed E-state index contributed by atoms with van der Waals surface area (Å²) < 4.78 is 0. The standard InChI is InChI=1S/C9H9N3O5/c1-5-3-8(11(14)15)9(12(16)17)4-7(5)10-6(2)13/h3-4H,1-2H3,(H,10,13). The molecule has 0 spiro atoms. The minimum absolute atomic E-state index is 0.190. The summed E-state index contributed by atoms with van der Waals surface area (Å²) in [7, 11) is 0. The van der Waals surface area contributed by atoms with E-state index >= 15 is 0 Å². The fraction of sp³-hybridized carbons (Fsp3) is 0.222. The normalized spacial score (nSPS) is 9.76. The molecule has 0 atom stereocenters. The predicted octanol–water partition coefficient (Wildman–Crippen LogP) is 1.77. The molecule has 1 aromatic carbocycles. The van der Waals surface area contributed by atoms with Crippen molar-refractivity contribution in [2.45, 2.75) is 13.8 Å². The Kier molecular flexibility index (Phi) is 3.37. The van der Waals surface area contributed by atoms with Crippen LogP contribution in [0, 0.1) is 27.2 Å².